The first-order chi connectivity index (χ1) is 12.6. The molecule has 0 aliphatic carbocycles. The highest BCUT2D eigenvalue weighted by molar-refractivity contribution is 5.62. The Balaban J connectivity index is 1.99. The Labute approximate surface area is 153 Å². The molecule has 0 bridgehead atoms. The molecule has 2 atom stereocenters. The van der Waals surface area contributed by atoms with Gasteiger partial charge in [0, 0.05) is 11.5 Å². The summed E-state index contributed by atoms with van der Waals surface area (Å²) in [7, 11) is 4.87. The van der Waals surface area contributed by atoms with Crippen LogP contribution in [0.3, 0.4) is 0 Å². The maximum absolute atomic E-state index is 9.02. The van der Waals surface area contributed by atoms with E-state index in [0.29, 0.717) is 17.2 Å². The molecule has 0 aromatic heterocycles. The molecule has 3 rings (SSSR count). The van der Waals surface area contributed by atoms with E-state index in [9.17, 15) is 0 Å². The average Bonchev–Trinajstić information content (AvgIpc) is 3.01. The Morgan fingerprint density at radius 3 is 2.38 bits per heavy atom. The van der Waals surface area contributed by atoms with E-state index in [4.69, 9.17) is 24.1 Å². The highest BCUT2D eigenvalue weighted by Gasteiger charge is 2.35. The molecule has 5 nitrogen and oxygen atoms in total. The van der Waals surface area contributed by atoms with Crippen LogP contribution in [0.1, 0.15) is 35.6 Å². The van der Waals surface area contributed by atoms with Crippen LogP contribution in [-0.4, -0.2) is 33.0 Å². The number of aliphatic hydroxyl groups excluding tert-OH is 1. The molecule has 1 aliphatic rings. The van der Waals surface area contributed by atoms with E-state index in [1.54, 1.807) is 27.4 Å². The van der Waals surface area contributed by atoms with Crippen molar-refractivity contribution in [3.8, 4) is 23.0 Å². The van der Waals surface area contributed by atoms with Crippen molar-refractivity contribution < 1.29 is 24.1 Å². The molecular formula is C21H24O5. The average molecular weight is 356 g/mol. The van der Waals surface area contributed by atoms with Crippen molar-refractivity contribution in [2.24, 2.45) is 0 Å². The molecule has 0 saturated heterocycles. The summed E-state index contributed by atoms with van der Waals surface area (Å²) in [5.74, 6) is 2.96. The number of fused-ring (bicyclic) bond motifs is 1. The van der Waals surface area contributed by atoms with Gasteiger partial charge in [-0.25, -0.2) is 0 Å². The first-order valence-electron chi connectivity index (χ1n) is 8.50. The largest absolute Gasteiger partial charge is 0.493 e. The van der Waals surface area contributed by atoms with Crippen LogP contribution in [0.5, 0.6) is 23.0 Å². The first kappa shape index (κ1) is 18.1. The third-order valence-electron chi connectivity index (χ3n) is 4.67. The first-order valence-corrected chi connectivity index (χ1v) is 8.50. The van der Waals surface area contributed by atoms with E-state index in [2.05, 4.69) is 13.0 Å². The van der Waals surface area contributed by atoms with Crippen LogP contribution < -0.4 is 18.9 Å². The zero-order valence-corrected chi connectivity index (χ0v) is 15.5. The van der Waals surface area contributed by atoms with Crippen molar-refractivity contribution in [2.45, 2.75) is 18.9 Å². The summed E-state index contributed by atoms with van der Waals surface area (Å²) in [5, 5.41) is 9.02. The second-order valence-electron chi connectivity index (χ2n) is 6.17. The van der Waals surface area contributed by atoms with Gasteiger partial charge in [-0.15, -0.1) is 0 Å². The summed E-state index contributed by atoms with van der Waals surface area (Å²) < 4.78 is 22.5. The van der Waals surface area contributed by atoms with E-state index in [0.717, 1.165) is 22.4 Å². The molecule has 0 saturated carbocycles. The van der Waals surface area contributed by atoms with E-state index < -0.39 is 0 Å². The van der Waals surface area contributed by atoms with Gasteiger partial charge in [-0.05, 0) is 35.4 Å². The third-order valence-corrected chi connectivity index (χ3v) is 4.67. The number of ether oxygens (including phenoxy) is 4. The highest BCUT2D eigenvalue weighted by Crippen LogP contribution is 2.51. The van der Waals surface area contributed by atoms with Crippen LogP contribution in [0, 0.1) is 0 Å². The molecule has 5 heteroatoms. The van der Waals surface area contributed by atoms with E-state index >= 15 is 0 Å². The summed E-state index contributed by atoms with van der Waals surface area (Å²) in [6.07, 6.45) is 3.43. The summed E-state index contributed by atoms with van der Waals surface area (Å²) in [4.78, 5) is 0. The number of hydrogen-bond donors (Lipinski definition) is 1. The molecule has 0 radical (unpaired) electrons. The fraction of sp³-hybridized carbons (Fsp3) is 0.333. The van der Waals surface area contributed by atoms with Gasteiger partial charge in [0.2, 0.25) is 0 Å². The van der Waals surface area contributed by atoms with Crippen molar-refractivity contribution in [1.29, 1.82) is 0 Å². The molecule has 1 heterocycles. The van der Waals surface area contributed by atoms with Gasteiger partial charge in [0.1, 0.15) is 6.10 Å². The minimum Gasteiger partial charge on any atom is -0.493 e. The van der Waals surface area contributed by atoms with Crippen molar-refractivity contribution in [1.82, 2.24) is 0 Å². The predicted octanol–water partition coefficient (Wildman–Crippen LogP) is 3.96. The van der Waals surface area contributed by atoms with Crippen LogP contribution in [0.15, 0.2) is 36.4 Å². The molecular weight excluding hydrogens is 332 g/mol. The lowest BCUT2D eigenvalue weighted by molar-refractivity contribution is 0.207. The van der Waals surface area contributed by atoms with Gasteiger partial charge >= 0.3 is 0 Å². The van der Waals surface area contributed by atoms with Gasteiger partial charge in [0.25, 0.3) is 0 Å². The quantitative estimate of drug-likeness (QED) is 0.849. The van der Waals surface area contributed by atoms with Gasteiger partial charge < -0.3 is 24.1 Å². The Morgan fingerprint density at radius 2 is 1.73 bits per heavy atom. The van der Waals surface area contributed by atoms with Crippen LogP contribution in [0.25, 0.3) is 6.08 Å². The summed E-state index contributed by atoms with van der Waals surface area (Å²) in [6, 6.07) is 9.82. The summed E-state index contributed by atoms with van der Waals surface area (Å²) in [5.41, 5.74) is 3.07. The fourth-order valence-electron chi connectivity index (χ4n) is 3.33. The second kappa shape index (κ2) is 7.70. The maximum atomic E-state index is 9.02. The number of hydrogen-bond acceptors (Lipinski definition) is 5. The Morgan fingerprint density at radius 1 is 1.00 bits per heavy atom. The lowest BCUT2D eigenvalue weighted by Gasteiger charge is -2.18. The lowest BCUT2D eigenvalue weighted by atomic mass is 9.91. The SMILES string of the molecule is COc1ccc(C2Oc3c(OC)cc(/C=C/CO)cc3C2C)cc1OC. The Kier molecular flexibility index (Phi) is 5.38. The van der Waals surface area contributed by atoms with E-state index in [1.165, 1.54) is 0 Å². The molecule has 2 aromatic carbocycles. The standard InChI is InChI=1S/C21H24O5/c1-13-16-10-14(6-5-9-22)11-19(25-4)21(16)26-20(13)15-7-8-17(23-2)18(12-15)24-3/h5-8,10-13,20,22H,9H2,1-4H3/b6-5+. The Hall–Kier alpha value is -2.66. The minimum absolute atomic E-state index is 0.000276. The molecule has 1 N–H and O–H groups in total. The van der Waals surface area contributed by atoms with Crippen molar-refractivity contribution in [2.75, 3.05) is 27.9 Å². The van der Waals surface area contributed by atoms with Gasteiger partial charge in [-0.1, -0.05) is 25.1 Å². The van der Waals surface area contributed by atoms with Crippen LogP contribution >= 0.6 is 0 Å². The molecule has 2 unspecified atom stereocenters. The topological polar surface area (TPSA) is 57.2 Å². The molecule has 2 aromatic rings. The van der Waals surface area contributed by atoms with E-state index in [1.807, 2.05) is 30.3 Å². The Bertz CT molecular complexity index is 812. The van der Waals surface area contributed by atoms with Gasteiger partial charge in [-0.2, -0.15) is 0 Å². The molecule has 26 heavy (non-hydrogen) atoms. The monoisotopic (exact) mass is 356 g/mol. The van der Waals surface area contributed by atoms with Crippen LogP contribution in [0.4, 0.5) is 0 Å². The molecule has 0 spiro atoms. The minimum atomic E-state index is -0.143. The summed E-state index contributed by atoms with van der Waals surface area (Å²) in [6.45, 7) is 2.13. The maximum Gasteiger partial charge on any atom is 0.165 e. The number of aliphatic hydroxyl groups is 1. The number of benzene rings is 2. The highest BCUT2D eigenvalue weighted by atomic mass is 16.5. The van der Waals surface area contributed by atoms with Gasteiger partial charge in [0.05, 0.1) is 27.9 Å². The molecule has 138 valence electrons. The molecule has 0 amide bonds. The van der Waals surface area contributed by atoms with Crippen molar-refractivity contribution in [3.05, 3.63) is 53.1 Å². The smallest absolute Gasteiger partial charge is 0.165 e. The predicted molar refractivity (Wildman–Crippen MR) is 100 cm³/mol. The van der Waals surface area contributed by atoms with Crippen molar-refractivity contribution >= 4 is 6.08 Å². The fourth-order valence-corrected chi connectivity index (χ4v) is 3.33. The summed E-state index contributed by atoms with van der Waals surface area (Å²) >= 11 is 0. The normalized spacial score (nSPS) is 18.5. The van der Waals surface area contributed by atoms with Crippen LogP contribution in [-0.2, 0) is 0 Å². The van der Waals surface area contributed by atoms with Gasteiger partial charge in [-0.3, -0.25) is 0 Å². The second-order valence-corrected chi connectivity index (χ2v) is 6.17. The zero-order valence-electron chi connectivity index (χ0n) is 15.5. The molecule has 0 fully saturated rings. The molecule has 1 aliphatic heterocycles. The lowest BCUT2D eigenvalue weighted by Crippen LogP contribution is -2.07. The van der Waals surface area contributed by atoms with Crippen molar-refractivity contribution in [3.63, 3.8) is 0 Å². The van der Waals surface area contributed by atoms with Gasteiger partial charge in [0.15, 0.2) is 23.0 Å². The third kappa shape index (κ3) is 3.22. The number of rotatable bonds is 6. The zero-order chi connectivity index (χ0) is 18.7. The van der Waals surface area contributed by atoms with E-state index in [-0.39, 0.29) is 18.6 Å². The van der Waals surface area contributed by atoms with Crippen LogP contribution in [0.2, 0.25) is 0 Å². The number of methoxy groups -OCH3 is 3.